The van der Waals surface area contributed by atoms with Crippen molar-refractivity contribution in [3.63, 3.8) is 0 Å². The molecule has 28 heavy (non-hydrogen) atoms. The number of nitrogens with zero attached hydrogens (tertiary/aromatic N) is 5. The van der Waals surface area contributed by atoms with Gasteiger partial charge >= 0.3 is 0 Å². The maximum atomic E-state index is 13.0. The Bertz CT molecular complexity index is 962. The summed E-state index contributed by atoms with van der Waals surface area (Å²) in [5, 5.41) is 8.04. The Hall–Kier alpha value is -3.03. The normalized spacial score (nSPS) is 15.1. The van der Waals surface area contributed by atoms with Crippen LogP contribution in [-0.4, -0.2) is 38.7 Å². The number of halogens is 1. The molecule has 4 rings (SSSR count). The van der Waals surface area contributed by atoms with Gasteiger partial charge in [-0.15, -0.1) is 0 Å². The zero-order valence-corrected chi connectivity index (χ0v) is 15.8. The minimum atomic E-state index is -0.295. The first-order valence-corrected chi connectivity index (χ1v) is 9.53. The van der Waals surface area contributed by atoms with Crippen LogP contribution >= 0.6 is 0 Å². The number of benzene rings is 1. The second-order valence-electron chi connectivity index (χ2n) is 7.31. The summed E-state index contributed by atoms with van der Waals surface area (Å²) in [6.45, 7) is 4.62. The van der Waals surface area contributed by atoms with Crippen LogP contribution < -0.4 is 10.2 Å². The number of aromatic nitrogens is 4. The topological polar surface area (TPSA) is 75.9 Å². The Balaban J connectivity index is 1.45. The first kappa shape index (κ1) is 18.3. The molecule has 0 unspecified atom stereocenters. The number of hydrogen-bond donors (Lipinski definition) is 1. The van der Waals surface area contributed by atoms with Gasteiger partial charge in [0.1, 0.15) is 24.5 Å². The van der Waals surface area contributed by atoms with E-state index in [0.29, 0.717) is 12.2 Å². The van der Waals surface area contributed by atoms with E-state index in [2.05, 4.69) is 32.2 Å². The van der Waals surface area contributed by atoms with E-state index in [1.54, 1.807) is 23.0 Å². The van der Waals surface area contributed by atoms with Crippen LogP contribution in [0.25, 0.3) is 11.0 Å². The van der Waals surface area contributed by atoms with E-state index < -0.39 is 0 Å². The lowest BCUT2D eigenvalue weighted by Crippen LogP contribution is -2.33. The van der Waals surface area contributed by atoms with Crippen LogP contribution in [0.15, 0.2) is 36.8 Å². The highest BCUT2D eigenvalue weighted by Gasteiger charge is 2.21. The maximum Gasteiger partial charge on any atom is 0.242 e. The van der Waals surface area contributed by atoms with E-state index in [1.807, 2.05) is 0 Å². The average molecular weight is 382 g/mol. The SMILES string of the molecule is CC1CCN(c2ncnc3c2cnn3CC(=O)NCc2ccc(F)cc2)CC1. The van der Waals surface area contributed by atoms with Crippen molar-refractivity contribution in [2.75, 3.05) is 18.0 Å². The van der Waals surface area contributed by atoms with Crippen LogP contribution in [0.4, 0.5) is 10.2 Å². The Kier molecular flexibility index (Phi) is 5.18. The quantitative estimate of drug-likeness (QED) is 0.734. The van der Waals surface area contributed by atoms with Crippen LogP contribution in [0.5, 0.6) is 0 Å². The average Bonchev–Trinajstić information content (AvgIpc) is 3.11. The van der Waals surface area contributed by atoms with Gasteiger partial charge in [0.05, 0.1) is 11.6 Å². The van der Waals surface area contributed by atoms with Gasteiger partial charge in [0, 0.05) is 19.6 Å². The lowest BCUT2D eigenvalue weighted by molar-refractivity contribution is -0.121. The predicted octanol–water partition coefficient (Wildman–Crippen LogP) is 2.52. The van der Waals surface area contributed by atoms with Gasteiger partial charge in [-0.05, 0) is 36.5 Å². The van der Waals surface area contributed by atoms with Gasteiger partial charge in [0.15, 0.2) is 5.65 Å². The van der Waals surface area contributed by atoms with Crippen molar-refractivity contribution in [2.24, 2.45) is 5.92 Å². The summed E-state index contributed by atoms with van der Waals surface area (Å²) in [6.07, 6.45) is 5.55. The Morgan fingerprint density at radius 1 is 1.21 bits per heavy atom. The Morgan fingerprint density at radius 2 is 1.96 bits per heavy atom. The summed E-state index contributed by atoms with van der Waals surface area (Å²) in [5.41, 5.74) is 1.49. The van der Waals surface area contributed by atoms with Crippen molar-refractivity contribution < 1.29 is 9.18 Å². The van der Waals surface area contributed by atoms with Gasteiger partial charge in [0.25, 0.3) is 0 Å². The number of anilines is 1. The van der Waals surface area contributed by atoms with Gasteiger partial charge < -0.3 is 10.2 Å². The second kappa shape index (κ2) is 7.92. The highest BCUT2D eigenvalue weighted by Crippen LogP contribution is 2.26. The lowest BCUT2D eigenvalue weighted by Gasteiger charge is -2.31. The van der Waals surface area contributed by atoms with Crippen LogP contribution in [-0.2, 0) is 17.9 Å². The molecule has 0 atom stereocenters. The number of piperidine rings is 1. The number of rotatable bonds is 5. The van der Waals surface area contributed by atoms with Crippen molar-refractivity contribution in [3.05, 3.63) is 48.2 Å². The smallest absolute Gasteiger partial charge is 0.242 e. The fraction of sp³-hybridized carbons (Fsp3) is 0.400. The monoisotopic (exact) mass is 382 g/mol. The molecule has 1 fully saturated rings. The van der Waals surface area contributed by atoms with E-state index in [4.69, 9.17) is 0 Å². The molecule has 1 N–H and O–H groups in total. The molecule has 1 amide bonds. The summed E-state index contributed by atoms with van der Waals surface area (Å²) in [6, 6.07) is 6.06. The molecule has 1 saturated heterocycles. The molecule has 0 bridgehead atoms. The summed E-state index contributed by atoms with van der Waals surface area (Å²) < 4.78 is 14.5. The molecule has 0 radical (unpaired) electrons. The highest BCUT2D eigenvalue weighted by atomic mass is 19.1. The maximum absolute atomic E-state index is 13.0. The molecule has 3 heterocycles. The zero-order chi connectivity index (χ0) is 19.5. The van der Waals surface area contributed by atoms with E-state index in [1.165, 1.54) is 18.5 Å². The third-order valence-electron chi connectivity index (χ3n) is 5.19. The molecule has 7 nitrogen and oxygen atoms in total. The molecule has 1 aliphatic heterocycles. The minimum Gasteiger partial charge on any atom is -0.356 e. The molecule has 0 spiro atoms. The molecule has 0 aliphatic carbocycles. The van der Waals surface area contributed by atoms with Gasteiger partial charge in [-0.3, -0.25) is 4.79 Å². The fourth-order valence-corrected chi connectivity index (χ4v) is 3.46. The first-order chi connectivity index (χ1) is 13.6. The largest absolute Gasteiger partial charge is 0.356 e. The van der Waals surface area contributed by atoms with Crippen LogP contribution in [0.2, 0.25) is 0 Å². The molecule has 2 aromatic heterocycles. The molecule has 3 aromatic rings. The van der Waals surface area contributed by atoms with Crippen molar-refractivity contribution in [2.45, 2.75) is 32.9 Å². The summed E-state index contributed by atoms with van der Waals surface area (Å²) in [5.74, 6) is 1.15. The highest BCUT2D eigenvalue weighted by molar-refractivity contribution is 5.87. The number of hydrogen-bond acceptors (Lipinski definition) is 5. The molecular weight excluding hydrogens is 359 g/mol. The van der Waals surface area contributed by atoms with E-state index >= 15 is 0 Å². The number of carbonyl (C=O) groups excluding carboxylic acids is 1. The molecule has 8 heteroatoms. The van der Waals surface area contributed by atoms with Crippen LogP contribution in [0.1, 0.15) is 25.3 Å². The third-order valence-corrected chi connectivity index (χ3v) is 5.19. The number of fused-ring (bicyclic) bond motifs is 1. The number of carbonyl (C=O) groups is 1. The van der Waals surface area contributed by atoms with E-state index in [0.717, 1.165) is 48.6 Å². The minimum absolute atomic E-state index is 0.0676. The molecule has 0 saturated carbocycles. The standard InChI is InChI=1S/C20H23FN6O/c1-14-6-8-26(9-7-14)19-17-11-25-27(20(17)24-13-23-19)12-18(28)22-10-15-2-4-16(21)5-3-15/h2-5,11,13-14H,6-10,12H2,1H3,(H,22,28). The summed E-state index contributed by atoms with van der Waals surface area (Å²) in [4.78, 5) is 23.4. The first-order valence-electron chi connectivity index (χ1n) is 9.53. The molecule has 146 valence electrons. The van der Waals surface area contributed by atoms with Gasteiger partial charge in [-0.25, -0.2) is 19.0 Å². The fourth-order valence-electron chi connectivity index (χ4n) is 3.46. The lowest BCUT2D eigenvalue weighted by atomic mass is 9.99. The summed E-state index contributed by atoms with van der Waals surface area (Å²) >= 11 is 0. The predicted molar refractivity (Wildman–Crippen MR) is 104 cm³/mol. The second-order valence-corrected chi connectivity index (χ2v) is 7.31. The Morgan fingerprint density at radius 3 is 2.71 bits per heavy atom. The van der Waals surface area contributed by atoms with Gasteiger partial charge in [-0.1, -0.05) is 19.1 Å². The summed E-state index contributed by atoms with van der Waals surface area (Å²) in [7, 11) is 0. The third kappa shape index (κ3) is 3.95. The van der Waals surface area contributed by atoms with Crippen molar-refractivity contribution in [3.8, 4) is 0 Å². The van der Waals surface area contributed by atoms with Gasteiger partial charge in [0.2, 0.25) is 5.91 Å². The van der Waals surface area contributed by atoms with Crippen LogP contribution in [0, 0.1) is 11.7 Å². The Labute approximate surface area is 162 Å². The van der Waals surface area contributed by atoms with E-state index in [-0.39, 0.29) is 18.3 Å². The van der Waals surface area contributed by atoms with Crippen molar-refractivity contribution >= 4 is 22.8 Å². The zero-order valence-electron chi connectivity index (χ0n) is 15.8. The molecular formula is C20H23FN6O. The molecule has 1 aromatic carbocycles. The molecule has 1 aliphatic rings. The van der Waals surface area contributed by atoms with Crippen LogP contribution in [0.3, 0.4) is 0 Å². The number of amides is 1. The number of nitrogens with one attached hydrogen (secondary N) is 1. The van der Waals surface area contributed by atoms with Gasteiger partial charge in [-0.2, -0.15) is 5.10 Å². The van der Waals surface area contributed by atoms with E-state index in [9.17, 15) is 9.18 Å². The van der Waals surface area contributed by atoms with Crippen molar-refractivity contribution in [1.29, 1.82) is 0 Å². The van der Waals surface area contributed by atoms with Crippen molar-refractivity contribution in [1.82, 2.24) is 25.1 Å².